The summed E-state index contributed by atoms with van der Waals surface area (Å²) in [7, 11) is 0. The molecule has 0 saturated heterocycles. The Morgan fingerprint density at radius 1 is 1.05 bits per heavy atom. The Balaban J connectivity index is 2.31. The lowest BCUT2D eigenvalue weighted by atomic mass is 10.3. The van der Waals surface area contributed by atoms with E-state index in [1.807, 2.05) is 28.8 Å². The van der Waals surface area contributed by atoms with E-state index in [1.54, 1.807) is 12.1 Å². The topological polar surface area (TPSA) is 43.8 Å². The van der Waals surface area contributed by atoms with Crippen molar-refractivity contribution in [2.24, 2.45) is 0 Å². The lowest BCUT2D eigenvalue weighted by Gasteiger charge is -2.07. The van der Waals surface area contributed by atoms with Gasteiger partial charge in [-0.15, -0.1) is 0 Å². The Morgan fingerprint density at radius 2 is 1.84 bits per heavy atom. The summed E-state index contributed by atoms with van der Waals surface area (Å²) in [6.45, 7) is 0. The number of imidazole rings is 1. The van der Waals surface area contributed by atoms with E-state index in [0.29, 0.717) is 16.0 Å². The number of hydrogen-bond acceptors (Lipinski definition) is 2. The van der Waals surface area contributed by atoms with Crippen molar-refractivity contribution in [3.8, 4) is 5.69 Å². The fourth-order valence-corrected chi connectivity index (χ4v) is 2.60. The van der Waals surface area contributed by atoms with E-state index in [4.69, 9.17) is 28.9 Å². The van der Waals surface area contributed by atoms with Crippen LogP contribution in [0.15, 0.2) is 40.9 Å². The SMILES string of the molecule is Nc1nc2ccc(Br)cc2n1-c1ccc(Cl)c(Cl)c1. The van der Waals surface area contributed by atoms with Crippen molar-refractivity contribution in [2.75, 3.05) is 5.73 Å². The molecule has 0 aliphatic heterocycles. The largest absolute Gasteiger partial charge is 0.369 e. The molecule has 2 aromatic carbocycles. The summed E-state index contributed by atoms with van der Waals surface area (Å²) >= 11 is 15.4. The van der Waals surface area contributed by atoms with E-state index in [0.717, 1.165) is 21.2 Å². The minimum Gasteiger partial charge on any atom is -0.369 e. The minimum atomic E-state index is 0.409. The van der Waals surface area contributed by atoms with Gasteiger partial charge in [-0.05, 0) is 36.4 Å². The highest BCUT2D eigenvalue weighted by atomic mass is 79.9. The van der Waals surface area contributed by atoms with Crippen molar-refractivity contribution in [1.82, 2.24) is 9.55 Å². The number of rotatable bonds is 1. The summed E-state index contributed by atoms with van der Waals surface area (Å²) in [5.74, 6) is 0.409. The van der Waals surface area contributed by atoms with Crippen molar-refractivity contribution in [3.63, 3.8) is 0 Å². The normalized spacial score (nSPS) is 11.1. The third kappa shape index (κ3) is 2.20. The van der Waals surface area contributed by atoms with Gasteiger partial charge in [0.15, 0.2) is 0 Å². The second kappa shape index (κ2) is 4.71. The summed E-state index contributed by atoms with van der Waals surface area (Å²) in [5.41, 5.74) is 8.54. The quantitative estimate of drug-likeness (QED) is 0.688. The zero-order valence-electron chi connectivity index (χ0n) is 9.57. The fraction of sp³-hybridized carbons (Fsp3) is 0. The molecular weight excluding hydrogens is 349 g/mol. The Morgan fingerprint density at radius 3 is 2.58 bits per heavy atom. The smallest absolute Gasteiger partial charge is 0.205 e. The molecule has 1 heterocycles. The van der Waals surface area contributed by atoms with Crippen LogP contribution < -0.4 is 5.73 Å². The van der Waals surface area contributed by atoms with Gasteiger partial charge < -0.3 is 5.73 Å². The molecule has 2 N–H and O–H groups in total. The summed E-state index contributed by atoms with van der Waals surface area (Å²) < 4.78 is 2.80. The zero-order valence-corrected chi connectivity index (χ0v) is 12.7. The van der Waals surface area contributed by atoms with Crippen LogP contribution in [0.3, 0.4) is 0 Å². The maximum absolute atomic E-state index is 6.05. The highest BCUT2D eigenvalue weighted by Crippen LogP contribution is 2.29. The molecular formula is C13H8BrCl2N3. The number of fused-ring (bicyclic) bond motifs is 1. The predicted octanol–water partition coefficient (Wildman–Crippen LogP) is 4.68. The van der Waals surface area contributed by atoms with Gasteiger partial charge in [-0.2, -0.15) is 0 Å². The number of nitrogens with two attached hydrogens (primary N) is 1. The molecule has 0 fully saturated rings. The summed E-state index contributed by atoms with van der Waals surface area (Å²) in [4.78, 5) is 4.33. The number of halogens is 3. The average Bonchev–Trinajstić information content (AvgIpc) is 2.68. The van der Waals surface area contributed by atoms with Gasteiger partial charge in [0.2, 0.25) is 5.95 Å². The molecule has 0 aliphatic rings. The molecule has 3 rings (SSSR count). The van der Waals surface area contributed by atoms with Crippen molar-refractivity contribution < 1.29 is 0 Å². The van der Waals surface area contributed by atoms with E-state index < -0.39 is 0 Å². The molecule has 0 atom stereocenters. The van der Waals surface area contributed by atoms with E-state index in [-0.39, 0.29) is 0 Å². The Labute approximate surface area is 128 Å². The van der Waals surface area contributed by atoms with Gasteiger partial charge in [-0.25, -0.2) is 4.98 Å². The minimum absolute atomic E-state index is 0.409. The van der Waals surface area contributed by atoms with Crippen molar-refractivity contribution in [2.45, 2.75) is 0 Å². The lowest BCUT2D eigenvalue weighted by molar-refractivity contribution is 1.11. The van der Waals surface area contributed by atoms with Gasteiger partial charge in [0, 0.05) is 4.47 Å². The van der Waals surface area contributed by atoms with Gasteiger partial charge in [-0.1, -0.05) is 39.1 Å². The van der Waals surface area contributed by atoms with Crippen LogP contribution in [0.2, 0.25) is 10.0 Å². The third-order valence-corrected chi connectivity index (χ3v) is 4.04. The van der Waals surface area contributed by atoms with E-state index in [9.17, 15) is 0 Å². The number of benzene rings is 2. The second-order valence-corrected chi connectivity index (χ2v) is 5.77. The maximum Gasteiger partial charge on any atom is 0.205 e. The molecule has 6 heteroatoms. The standard InChI is InChI=1S/C13H8BrCl2N3/c14-7-1-4-11-12(5-7)19(13(17)18-11)8-2-3-9(15)10(16)6-8/h1-6H,(H2,17,18). The van der Waals surface area contributed by atoms with Crippen LogP contribution in [0.5, 0.6) is 0 Å². The molecule has 3 aromatic rings. The van der Waals surface area contributed by atoms with Crippen molar-refractivity contribution in [3.05, 3.63) is 50.9 Å². The number of nitrogen functional groups attached to an aromatic ring is 1. The molecule has 19 heavy (non-hydrogen) atoms. The highest BCUT2D eigenvalue weighted by Gasteiger charge is 2.11. The van der Waals surface area contributed by atoms with Crippen LogP contribution in [0, 0.1) is 0 Å². The van der Waals surface area contributed by atoms with Crippen LogP contribution in [-0.4, -0.2) is 9.55 Å². The summed E-state index contributed by atoms with van der Waals surface area (Å²) in [5, 5.41) is 0.991. The number of nitrogens with zero attached hydrogens (tertiary/aromatic N) is 2. The van der Waals surface area contributed by atoms with Crippen LogP contribution >= 0.6 is 39.1 Å². The first-order valence-electron chi connectivity index (χ1n) is 5.45. The third-order valence-electron chi connectivity index (χ3n) is 2.80. The molecule has 1 aromatic heterocycles. The second-order valence-electron chi connectivity index (χ2n) is 4.04. The molecule has 96 valence electrons. The molecule has 0 amide bonds. The highest BCUT2D eigenvalue weighted by molar-refractivity contribution is 9.10. The van der Waals surface area contributed by atoms with Crippen LogP contribution in [-0.2, 0) is 0 Å². The van der Waals surface area contributed by atoms with Gasteiger partial charge in [0.05, 0.1) is 26.8 Å². The number of anilines is 1. The molecule has 0 bridgehead atoms. The first-order chi connectivity index (χ1) is 9.06. The number of hydrogen-bond donors (Lipinski definition) is 1. The maximum atomic E-state index is 6.05. The molecule has 3 nitrogen and oxygen atoms in total. The van der Waals surface area contributed by atoms with Crippen LogP contribution in [0.25, 0.3) is 16.7 Å². The van der Waals surface area contributed by atoms with E-state index in [2.05, 4.69) is 20.9 Å². The van der Waals surface area contributed by atoms with Crippen LogP contribution in [0.4, 0.5) is 5.95 Å². The Bertz CT molecular complexity index is 783. The molecule has 0 saturated carbocycles. The van der Waals surface area contributed by atoms with Gasteiger partial charge >= 0.3 is 0 Å². The molecule has 0 unspecified atom stereocenters. The van der Waals surface area contributed by atoms with Crippen molar-refractivity contribution >= 4 is 56.1 Å². The lowest BCUT2D eigenvalue weighted by Crippen LogP contribution is -2.00. The summed E-state index contributed by atoms with van der Waals surface area (Å²) in [6, 6.07) is 11.1. The Hall–Kier alpha value is -1.23. The van der Waals surface area contributed by atoms with Gasteiger partial charge in [0.25, 0.3) is 0 Å². The monoisotopic (exact) mass is 355 g/mol. The number of aromatic nitrogens is 2. The predicted molar refractivity (Wildman–Crippen MR) is 83.2 cm³/mol. The molecule has 0 radical (unpaired) electrons. The van der Waals surface area contributed by atoms with Crippen molar-refractivity contribution in [1.29, 1.82) is 0 Å². The van der Waals surface area contributed by atoms with Crippen LogP contribution in [0.1, 0.15) is 0 Å². The van der Waals surface area contributed by atoms with E-state index in [1.165, 1.54) is 0 Å². The van der Waals surface area contributed by atoms with Gasteiger partial charge in [-0.3, -0.25) is 4.57 Å². The summed E-state index contributed by atoms with van der Waals surface area (Å²) in [6.07, 6.45) is 0. The first kappa shape index (κ1) is 12.8. The molecule has 0 aliphatic carbocycles. The Kier molecular flexibility index (Phi) is 3.17. The zero-order chi connectivity index (χ0) is 13.6. The van der Waals surface area contributed by atoms with E-state index >= 15 is 0 Å². The fourth-order valence-electron chi connectivity index (χ4n) is 1.96. The molecule has 0 spiro atoms. The average molecular weight is 357 g/mol. The van der Waals surface area contributed by atoms with Gasteiger partial charge in [0.1, 0.15) is 0 Å². The first-order valence-corrected chi connectivity index (χ1v) is 7.00.